The van der Waals surface area contributed by atoms with Crippen LogP contribution in [0.3, 0.4) is 0 Å². The summed E-state index contributed by atoms with van der Waals surface area (Å²) < 4.78 is 11.7. The second-order valence-corrected chi connectivity index (χ2v) is 11.8. The third-order valence-electron chi connectivity index (χ3n) is 7.60. The van der Waals surface area contributed by atoms with E-state index in [9.17, 15) is 4.79 Å². The highest BCUT2D eigenvalue weighted by atomic mass is 16.5. The maximum Gasteiger partial charge on any atom is 0.323 e. The number of carbonyl (C=O) groups is 1. The Labute approximate surface area is 253 Å². The van der Waals surface area contributed by atoms with E-state index in [1.165, 1.54) is 0 Å². The van der Waals surface area contributed by atoms with Gasteiger partial charge in [0.05, 0.1) is 18.5 Å². The highest BCUT2D eigenvalue weighted by Gasteiger charge is 2.18. The van der Waals surface area contributed by atoms with Crippen LogP contribution in [0, 0.1) is 0 Å². The first-order chi connectivity index (χ1) is 20.7. The van der Waals surface area contributed by atoms with Crippen LogP contribution in [0.15, 0.2) is 66.9 Å². The molecule has 0 saturated carbocycles. The zero-order valence-corrected chi connectivity index (χ0v) is 25.6. The number of benzene rings is 3. The summed E-state index contributed by atoms with van der Waals surface area (Å²) in [6, 6.07) is 18.6. The molecular weight excluding hydrogens is 542 g/mol. The minimum Gasteiger partial charge on any atom is -0.495 e. The molecule has 0 unspecified atom stereocenters. The predicted octanol–water partition coefficient (Wildman–Crippen LogP) is 6.03. The molecule has 0 aliphatic carbocycles. The van der Waals surface area contributed by atoms with E-state index in [0.717, 1.165) is 55.6 Å². The Balaban J connectivity index is 1.27. The summed E-state index contributed by atoms with van der Waals surface area (Å²) in [5, 5.41) is 10.9. The van der Waals surface area contributed by atoms with Gasteiger partial charge in [-0.1, -0.05) is 51.1 Å². The smallest absolute Gasteiger partial charge is 0.323 e. The standard InChI is InChI=1S/C33H41N7O3/c1-33(2,3)23-10-12-29(42-5)27(22-23)37-32(41)36-26-11-13-28(25-9-7-6-8-24(25)26)43-30-14-15-34-31(38-30)35-16-17-40-20-18-39(4)19-21-40/h6-15,22H,16-21H2,1-5H3,(H,34,35,38)(H2,36,37,41). The molecule has 1 aliphatic heterocycles. The predicted molar refractivity (Wildman–Crippen MR) is 173 cm³/mol. The number of methoxy groups -OCH3 is 1. The first-order valence-corrected chi connectivity index (χ1v) is 14.6. The second kappa shape index (κ2) is 13.3. The van der Waals surface area contributed by atoms with Gasteiger partial charge in [0, 0.05) is 62.3 Å². The fourth-order valence-corrected chi connectivity index (χ4v) is 5.01. The minimum absolute atomic E-state index is 0.0731. The number of piperazine rings is 1. The molecule has 3 aromatic carbocycles. The minimum atomic E-state index is -0.369. The van der Waals surface area contributed by atoms with Crippen molar-refractivity contribution < 1.29 is 14.3 Å². The van der Waals surface area contributed by atoms with Crippen LogP contribution in [0.25, 0.3) is 10.8 Å². The van der Waals surface area contributed by atoms with Gasteiger partial charge < -0.3 is 30.3 Å². The van der Waals surface area contributed by atoms with Crippen molar-refractivity contribution in [3.8, 4) is 17.4 Å². The second-order valence-electron chi connectivity index (χ2n) is 11.8. The van der Waals surface area contributed by atoms with Crippen molar-refractivity contribution in [1.82, 2.24) is 19.8 Å². The van der Waals surface area contributed by atoms with Gasteiger partial charge in [-0.15, -0.1) is 0 Å². The van der Waals surface area contributed by atoms with Crippen LogP contribution >= 0.6 is 0 Å². The van der Waals surface area contributed by atoms with E-state index in [1.54, 1.807) is 19.4 Å². The van der Waals surface area contributed by atoms with Crippen molar-refractivity contribution in [2.24, 2.45) is 0 Å². The lowest BCUT2D eigenvalue weighted by Crippen LogP contribution is -2.45. The molecule has 0 spiro atoms. The summed E-state index contributed by atoms with van der Waals surface area (Å²) in [6.45, 7) is 12.4. The molecule has 4 aromatic rings. The maximum atomic E-state index is 13.1. The molecule has 1 fully saturated rings. The number of carbonyl (C=O) groups excluding carboxylic acids is 1. The third kappa shape index (κ3) is 7.71. The van der Waals surface area contributed by atoms with Crippen molar-refractivity contribution in [2.45, 2.75) is 26.2 Å². The van der Waals surface area contributed by atoms with Crippen LogP contribution in [0.1, 0.15) is 26.3 Å². The summed E-state index contributed by atoms with van der Waals surface area (Å²) in [6.07, 6.45) is 1.69. The highest BCUT2D eigenvalue weighted by Crippen LogP contribution is 2.35. The Bertz CT molecular complexity index is 1560. The van der Waals surface area contributed by atoms with E-state index in [1.807, 2.05) is 54.6 Å². The number of aromatic nitrogens is 2. The number of nitrogens with zero attached hydrogens (tertiary/aromatic N) is 4. The van der Waals surface area contributed by atoms with E-state index < -0.39 is 0 Å². The average molecular weight is 584 g/mol. The molecule has 226 valence electrons. The lowest BCUT2D eigenvalue weighted by Gasteiger charge is -2.32. The molecule has 5 rings (SSSR count). The van der Waals surface area contributed by atoms with E-state index in [0.29, 0.717) is 34.7 Å². The van der Waals surface area contributed by atoms with Gasteiger partial charge in [-0.25, -0.2) is 9.78 Å². The Hall–Kier alpha value is -4.41. The molecule has 1 saturated heterocycles. The number of likely N-dealkylation sites (N-methyl/N-ethyl adjacent to an activating group) is 1. The van der Waals surface area contributed by atoms with Gasteiger partial charge in [0.25, 0.3) is 0 Å². The SMILES string of the molecule is COc1ccc(C(C)(C)C)cc1NC(=O)Nc1ccc(Oc2ccnc(NCCN3CCN(C)CC3)n2)c2ccccc12. The Kier molecular flexibility index (Phi) is 9.27. The van der Waals surface area contributed by atoms with Crippen molar-refractivity contribution in [3.05, 3.63) is 72.4 Å². The van der Waals surface area contributed by atoms with Gasteiger partial charge in [-0.2, -0.15) is 4.98 Å². The van der Waals surface area contributed by atoms with Gasteiger partial charge in [-0.05, 0) is 42.3 Å². The number of fused-ring (bicyclic) bond motifs is 1. The molecule has 2 amide bonds. The summed E-state index contributed by atoms with van der Waals surface area (Å²) >= 11 is 0. The van der Waals surface area contributed by atoms with E-state index in [4.69, 9.17) is 9.47 Å². The Morgan fingerprint density at radius 1 is 0.907 bits per heavy atom. The van der Waals surface area contributed by atoms with Gasteiger partial charge in [0.2, 0.25) is 11.8 Å². The molecule has 1 aliphatic rings. The van der Waals surface area contributed by atoms with E-state index in [2.05, 4.69) is 63.5 Å². The Morgan fingerprint density at radius 3 is 2.37 bits per heavy atom. The van der Waals surface area contributed by atoms with Crippen LogP contribution < -0.4 is 25.4 Å². The van der Waals surface area contributed by atoms with Crippen molar-refractivity contribution in [2.75, 3.05) is 69.4 Å². The quantitative estimate of drug-likeness (QED) is 0.219. The largest absolute Gasteiger partial charge is 0.495 e. The molecule has 10 heteroatoms. The maximum absolute atomic E-state index is 13.1. The molecule has 0 bridgehead atoms. The molecule has 43 heavy (non-hydrogen) atoms. The topological polar surface area (TPSA) is 104 Å². The number of amides is 2. The van der Waals surface area contributed by atoms with Crippen molar-refractivity contribution in [1.29, 1.82) is 0 Å². The highest BCUT2D eigenvalue weighted by molar-refractivity contribution is 6.08. The van der Waals surface area contributed by atoms with Gasteiger partial charge in [-0.3, -0.25) is 4.90 Å². The number of urea groups is 1. The number of hydrogen-bond acceptors (Lipinski definition) is 8. The molecular formula is C33H41N7O3. The Morgan fingerprint density at radius 2 is 1.63 bits per heavy atom. The number of nitrogens with one attached hydrogen (secondary N) is 3. The normalized spacial score (nSPS) is 14.3. The molecule has 2 heterocycles. The monoisotopic (exact) mass is 583 g/mol. The summed E-state index contributed by atoms with van der Waals surface area (Å²) in [5.41, 5.74) is 2.28. The fraction of sp³-hybridized carbons (Fsp3) is 0.364. The van der Waals surface area contributed by atoms with Crippen LogP contribution in [0.2, 0.25) is 0 Å². The molecule has 0 atom stereocenters. The summed E-state index contributed by atoms with van der Waals surface area (Å²) in [7, 11) is 3.75. The lowest BCUT2D eigenvalue weighted by atomic mass is 9.87. The zero-order chi connectivity index (χ0) is 30.4. The number of hydrogen-bond donors (Lipinski definition) is 3. The van der Waals surface area contributed by atoms with E-state index in [-0.39, 0.29) is 11.4 Å². The van der Waals surface area contributed by atoms with Crippen LogP contribution in [-0.4, -0.2) is 79.2 Å². The number of rotatable bonds is 9. The lowest BCUT2D eigenvalue weighted by molar-refractivity contribution is 0.158. The van der Waals surface area contributed by atoms with Crippen molar-refractivity contribution >= 4 is 34.1 Å². The fourth-order valence-electron chi connectivity index (χ4n) is 5.01. The molecule has 3 N–H and O–H groups in total. The summed E-state index contributed by atoms with van der Waals surface area (Å²) in [5.74, 6) is 2.18. The van der Waals surface area contributed by atoms with Crippen LogP contribution in [0.4, 0.5) is 22.1 Å². The van der Waals surface area contributed by atoms with Gasteiger partial charge >= 0.3 is 6.03 Å². The van der Waals surface area contributed by atoms with Crippen molar-refractivity contribution in [3.63, 3.8) is 0 Å². The summed E-state index contributed by atoms with van der Waals surface area (Å²) in [4.78, 5) is 26.8. The molecule has 0 radical (unpaired) electrons. The third-order valence-corrected chi connectivity index (χ3v) is 7.60. The van der Waals surface area contributed by atoms with Gasteiger partial charge in [0.1, 0.15) is 11.5 Å². The number of anilines is 3. The van der Waals surface area contributed by atoms with Crippen LogP contribution in [0.5, 0.6) is 17.4 Å². The first-order valence-electron chi connectivity index (χ1n) is 14.6. The van der Waals surface area contributed by atoms with Crippen LogP contribution in [-0.2, 0) is 5.41 Å². The molecule has 10 nitrogen and oxygen atoms in total. The van der Waals surface area contributed by atoms with E-state index >= 15 is 0 Å². The number of ether oxygens (including phenoxy) is 2. The average Bonchev–Trinajstić information content (AvgIpc) is 2.99. The molecule has 1 aromatic heterocycles. The first kappa shape index (κ1) is 30.1. The van der Waals surface area contributed by atoms with Gasteiger partial charge in [0.15, 0.2) is 0 Å². The zero-order valence-electron chi connectivity index (χ0n) is 25.6.